The average molecular weight is 352 g/mol. The number of rotatable bonds is 5. The zero-order valence-electron chi connectivity index (χ0n) is 14.4. The van der Waals surface area contributed by atoms with Crippen LogP contribution in [0.1, 0.15) is 49.1 Å². The molecule has 24 heavy (non-hydrogen) atoms. The van der Waals surface area contributed by atoms with Crippen molar-refractivity contribution in [3.63, 3.8) is 0 Å². The summed E-state index contributed by atoms with van der Waals surface area (Å²) in [6.45, 7) is 4.00. The number of likely N-dealkylation sites (tertiary alicyclic amines) is 1. The molecule has 4 rings (SSSR count). The number of hydrogen-bond acceptors (Lipinski definition) is 6. The lowest BCUT2D eigenvalue weighted by atomic mass is 9.99. The number of aliphatic hydroxyl groups is 1. The maximum Gasteiger partial charge on any atom is 0.185 e. The second kappa shape index (κ2) is 7.68. The predicted molar refractivity (Wildman–Crippen MR) is 96.5 cm³/mol. The van der Waals surface area contributed by atoms with Crippen LogP contribution in [0, 0.1) is 5.92 Å². The topological polar surface area (TPSA) is 57.6 Å². The van der Waals surface area contributed by atoms with Crippen LogP contribution in [0.15, 0.2) is 0 Å². The maximum absolute atomic E-state index is 10.8. The lowest BCUT2D eigenvalue weighted by Crippen LogP contribution is -2.45. The van der Waals surface area contributed by atoms with Gasteiger partial charge in [-0.3, -0.25) is 4.90 Å². The highest BCUT2D eigenvalue weighted by molar-refractivity contribution is 7.15. The summed E-state index contributed by atoms with van der Waals surface area (Å²) in [5.41, 5.74) is 1.26. The van der Waals surface area contributed by atoms with E-state index >= 15 is 0 Å². The van der Waals surface area contributed by atoms with E-state index in [1.165, 1.54) is 29.8 Å². The fourth-order valence-electron chi connectivity index (χ4n) is 4.33. The summed E-state index contributed by atoms with van der Waals surface area (Å²) in [7, 11) is 0. The Hall–Kier alpha value is -0.690. The molecule has 6 heteroatoms. The Labute approximate surface area is 148 Å². The van der Waals surface area contributed by atoms with Crippen molar-refractivity contribution < 1.29 is 9.84 Å². The minimum absolute atomic E-state index is 0.216. The fourth-order valence-corrected chi connectivity index (χ4v) is 5.41. The van der Waals surface area contributed by atoms with Crippen molar-refractivity contribution in [2.45, 2.75) is 63.6 Å². The van der Waals surface area contributed by atoms with Crippen LogP contribution in [0.5, 0.6) is 0 Å². The highest BCUT2D eigenvalue weighted by Crippen LogP contribution is 2.31. The van der Waals surface area contributed by atoms with Gasteiger partial charge >= 0.3 is 0 Å². The molecule has 0 amide bonds. The molecule has 2 aliphatic heterocycles. The summed E-state index contributed by atoms with van der Waals surface area (Å²) in [5.74, 6) is 0.721. The van der Waals surface area contributed by atoms with Gasteiger partial charge in [0.2, 0.25) is 0 Å². The molecule has 0 radical (unpaired) electrons. The molecule has 2 atom stereocenters. The lowest BCUT2D eigenvalue weighted by Gasteiger charge is -2.33. The Bertz CT molecular complexity index is 521. The van der Waals surface area contributed by atoms with Crippen molar-refractivity contribution in [2.24, 2.45) is 5.92 Å². The van der Waals surface area contributed by atoms with Crippen LogP contribution in [-0.2, 0) is 17.6 Å². The molecule has 134 valence electrons. The summed E-state index contributed by atoms with van der Waals surface area (Å²) in [4.78, 5) is 8.62. The zero-order valence-corrected chi connectivity index (χ0v) is 15.2. The second-order valence-corrected chi connectivity index (χ2v) is 8.53. The van der Waals surface area contributed by atoms with Crippen molar-refractivity contribution in [3.05, 3.63) is 10.6 Å². The molecule has 2 saturated heterocycles. The van der Waals surface area contributed by atoms with Crippen LogP contribution in [0.25, 0.3) is 0 Å². The van der Waals surface area contributed by atoms with Crippen LogP contribution in [0.4, 0.5) is 5.13 Å². The average Bonchev–Trinajstić information content (AvgIpc) is 3.21. The lowest BCUT2D eigenvalue weighted by molar-refractivity contribution is 0.0356. The van der Waals surface area contributed by atoms with Crippen molar-refractivity contribution in [2.75, 3.05) is 31.6 Å². The standard InChI is InChI=1S/C18H29N3O2S/c22-17(20-18-19-14-4-1-2-6-16(14)24-18)15-5-3-9-21(15)12-13-7-10-23-11-8-13/h13,15,17,22H,1-12H2,(H,19,20). The Morgan fingerprint density at radius 1 is 1.21 bits per heavy atom. The number of nitrogens with zero attached hydrogens (tertiary/aromatic N) is 2. The molecule has 3 aliphatic rings. The Kier molecular flexibility index (Phi) is 5.37. The Morgan fingerprint density at radius 2 is 2.04 bits per heavy atom. The number of aliphatic hydroxyl groups excluding tert-OH is 1. The van der Waals surface area contributed by atoms with Gasteiger partial charge in [-0.2, -0.15) is 0 Å². The predicted octanol–water partition coefficient (Wildman–Crippen LogP) is 2.64. The summed E-state index contributed by atoms with van der Waals surface area (Å²) in [6, 6.07) is 0.216. The van der Waals surface area contributed by atoms with E-state index in [2.05, 4.69) is 10.2 Å². The van der Waals surface area contributed by atoms with Crippen molar-refractivity contribution in [3.8, 4) is 0 Å². The first kappa shape index (κ1) is 16.8. The molecule has 2 fully saturated rings. The molecule has 0 aromatic carbocycles. The van der Waals surface area contributed by atoms with Gasteiger partial charge in [0.25, 0.3) is 0 Å². The van der Waals surface area contributed by atoms with Gasteiger partial charge in [0.05, 0.1) is 11.7 Å². The van der Waals surface area contributed by atoms with E-state index in [9.17, 15) is 5.11 Å². The third-order valence-corrected chi connectivity index (χ3v) is 6.82. The quantitative estimate of drug-likeness (QED) is 0.799. The molecule has 2 unspecified atom stereocenters. The number of thiazole rings is 1. The smallest absolute Gasteiger partial charge is 0.185 e. The Balaban J connectivity index is 1.35. The van der Waals surface area contributed by atoms with Gasteiger partial charge in [0.1, 0.15) is 6.23 Å². The van der Waals surface area contributed by atoms with E-state index in [4.69, 9.17) is 9.72 Å². The van der Waals surface area contributed by atoms with E-state index in [-0.39, 0.29) is 6.04 Å². The monoisotopic (exact) mass is 351 g/mol. The fraction of sp³-hybridized carbons (Fsp3) is 0.833. The molecule has 1 aliphatic carbocycles. The van der Waals surface area contributed by atoms with E-state index in [0.717, 1.165) is 69.5 Å². The van der Waals surface area contributed by atoms with Gasteiger partial charge in [0, 0.05) is 24.6 Å². The molecule has 1 aromatic rings. The molecule has 3 heterocycles. The summed E-state index contributed by atoms with van der Waals surface area (Å²) >= 11 is 1.74. The van der Waals surface area contributed by atoms with Gasteiger partial charge in [0.15, 0.2) is 5.13 Å². The van der Waals surface area contributed by atoms with Gasteiger partial charge < -0.3 is 15.2 Å². The molecule has 0 spiro atoms. The molecule has 0 saturated carbocycles. The van der Waals surface area contributed by atoms with E-state index in [0.29, 0.717) is 0 Å². The maximum atomic E-state index is 10.8. The number of ether oxygens (including phenoxy) is 1. The zero-order chi connectivity index (χ0) is 16.4. The second-order valence-electron chi connectivity index (χ2n) is 7.45. The number of anilines is 1. The largest absolute Gasteiger partial charge is 0.381 e. The van der Waals surface area contributed by atoms with Crippen LogP contribution >= 0.6 is 11.3 Å². The minimum Gasteiger partial charge on any atom is -0.381 e. The van der Waals surface area contributed by atoms with Crippen LogP contribution < -0.4 is 5.32 Å². The normalized spacial score (nSPS) is 27.1. The molecule has 0 bridgehead atoms. The third-order valence-electron chi connectivity index (χ3n) is 5.73. The summed E-state index contributed by atoms with van der Waals surface area (Å²) < 4.78 is 5.47. The first-order chi connectivity index (χ1) is 11.8. The molecule has 5 nitrogen and oxygen atoms in total. The molecule has 2 N–H and O–H groups in total. The minimum atomic E-state index is -0.514. The molecular weight excluding hydrogens is 322 g/mol. The van der Waals surface area contributed by atoms with Gasteiger partial charge in [-0.15, -0.1) is 11.3 Å². The number of hydrogen-bond donors (Lipinski definition) is 2. The third kappa shape index (κ3) is 3.77. The number of fused-ring (bicyclic) bond motifs is 1. The van der Waals surface area contributed by atoms with Crippen molar-refractivity contribution in [1.82, 2.24) is 9.88 Å². The van der Waals surface area contributed by atoms with Crippen molar-refractivity contribution in [1.29, 1.82) is 0 Å². The van der Waals surface area contributed by atoms with Gasteiger partial charge in [-0.05, 0) is 63.8 Å². The first-order valence-corrected chi connectivity index (χ1v) is 10.4. The number of nitrogens with one attached hydrogen (secondary N) is 1. The Morgan fingerprint density at radius 3 is 2.88 bits per heavy atom. The highest BCUT2D eigenvalue weighted by atomic mass is 32.1. The number of aryl methyl sites for hydroxylation is 2. The molecule has 1 aromatic heterocycles. The van der Waals surface area contributed by atoms with E-state index in [1.54, 1.807) is 11.3 Å². The van der Waals surface area contributed by atoms with Crippen molar-refractivity contribution >= 4 is 16.5 Å². The van der Waals surface area contributed by atoms with E-state index in [1.807, 2.05) is 0 Å². The molecular formula is C18H29N3O2S. The van der Waals surface area contributed by atoms with Crippen LogP contribution in [0.2, 0.25) is 0 Å². The highest BCUT2D eigenvalue weighted by Gasteiger charge is 2.33. The van der Waals surface area contributed by atoms with Crippen LogP contribution in [-0.4, -0.2) is 53.6 Å². The summed E-state index contributed by atoms with van der Waals surface area (Å²) in [5, 5.41) is 15.0. The SMILES string of the molecule is OC(Nc1nc2c(s1)CCCC2)C1CCCN1CC1CCOCC1. The van der Waals surface area contributed by atoms with Gasteiger partial charge in [-0.1, -0.05) is 0 Å². The van der Waals surface area contributed by atoms with Crippen LogP contribution in [0.3, 0.4) is 0 Å². The first-order valence-electron chi connectivity index (χ1n) is 9.54. The summed E-state index contributed by atoms with van der Waals surface area (Å²) in [6.07, 6.45) is 8.84. The van der Waals surface area contributed by atoms with Gasteiger partial charge in [-0.25, -0.2) is 4.98 Å². The van der Waals surface area contributed by atoms with E-state index < -0.39 is 6.23 Å². The number of aromatic nitrogens is 1.